The van der Waals surface area contributed by atoms with E-state index in [1.165, 1.54) is 11.3 Å². The zero-order valence-corrected chi connectivity index (χ0v) is 10.6. The molecule has 0 aliphatic heterocycles. The van der Waals surface area contributed by atoms with Crippen LogP contribution in [0, 0.1) is 6.92 Å². The molecule has 0 amide bonds. The Hall–Kier alpha value is -1.27. The molecule has 0 unspecified atom stereocenters. The number of hydrogen-bond donors (Lipinski definition) is 3. The zero-order chi connectivity index (χ0) is 12.8. The van der Waals surface area contributed by atoms with E-state index in [1.54, 1.807) is 0 Å². The van der Waals surface area contributed by atoms with E-state index in [0.29, 0.717) is 0 Å². The van der Waals surface area contributed by atoms with Crippen molar-refractivity contribution in [2.24, 2.45) is 5.14 Å². The average molecular weight is 245 g/mol. The number of aryl methyl sites for hydroxylation is 1. The fourth-order valence-corrected chi connectivity index (χ4v) is 1.08. The van der Waals surface area contributed by atoms with Gasteiger partial charge in [0.15, 0.2) is 0 Å². The highest BCUT2D eigenvalue weighted by molar-refractivity contribution is 7.88. The summed E-state index contributed by atoms with van der Waals surface area (Å²) < 4.78 is 18.8. The second-order valence-electron chi connectivity index (χ2n) is 3.43. The summed E-state index contributed by atoms with van der Waals surface area (Å²) in [5.41, 5.74) is 8.79. The maximum absolute atomic E-state index is 9.41. The molecule has 16 heavy (non-hydrogen) atoms. The molecular weight excluding hydrogens is 226 g/mol. The largest absolute Gasteiger partial charge is 0.399 e. The first-order chi connectivity index (χ1) is 7.24. The SMILES string of the molecule is CCNc1ccc(N)cc1C.CS(N)(=O)=O. The summed E-state index contributed by atoms with van der Waals surface area (Å²) in [5.74, 6) is 0. The standard InChI is InChI=1S/C9H14N2.CH5NO2S/c1-3-11-9-5-4-8(10)6-7(9)2;1-5(2,3)4/h4-6,11H,3,10H2,1-2H3;1H3,(H2,2,3,4). The Balaban J connectivity index is 0.000000385. The van der Waals surface area contributed by atoms with Crippen molar-refractivity contribution in [3.05, 3.63) is 23.8 Å². The van der Waals surface area contributed by atoms with Gasteiger partial charge in [0, 0.05) is 17.9 Å². The van der Waals surface area contributed by atoms with Gasteiger partial charge in [0.1, 0.15) is 0 Å². The predicted molar refractivity (Wildman–Crippen MR) is 68.8 cm³/mol. The monoisotopic (exact) mass is 245 g/mol. The average Bonchev–Trinajstić information content (AvgIpc) is 2.07. The van der Waals surface area contributed by atoms with Gasteiger partial charge in [0.25, 0.3) is 0 Å². The third-order valence-corrected chi connectivity index (χ3v) is 1.62. The highest BCUT2D eigenvalue weighted by atomic mass is 32.2. The Morgan fingerprint density at radius 3 is 2.25 bits per heavy atom. The Labute approximate surface area is 96.9 Å². The van der Waals surface area contributed by atoms with Gasteiger partial charge in [0.2, 0.25) is 10.0 Å². The molecule has 0 bridgehead atoms. The van der Waals surface area contributed by atoms with Crippen LogP contribution in [-0.2, 0) is 10.0 Å². The van der Waals surface area contributed by atoms with Gasteiger partial charge < -0.3 is 11.1 Å². The fourth-order valence-electron chi connectivity index (χ4n) is 1.08. The van der Waals surface area contributed by atoms with E-state index in [9.17, 15) is 8.42 Å². The molecule has 0 atom stereocenters. The quantitative estimate of drug-likeness (QED) is 0.674. The number of primary sulfonamides is 1. The van der Waals surface area contributed by atoms with E-state index in [-0.39, 0.29) is 0 Å². The molecule has 0 aliphatic carbocycles. The van der Waals surface area contributed by atoms with Crippen LogP contribution in [0.15, 0.2) is 18.2 Å². The van der Waals surface area contributed by atoms with Crippen LogP contribution in [0.3, 0.4) is 0 Å². The molecule has 0 aliphatic rings. The molecule has 92 valence electrons. The Kier molecular flexibility index (Phi) is 5.84. The molecule has 0 spiro atoms. The maximum Gasteiger partial charge on any atom is 0.206 e. The number of nitrogens with two attached hydrogens (primary N) is 2. The highest BCUT2D eigenvalue weighted by Gasteiger charge is 1.94. The van der Waals surface area contributed by atoms with Crippen LogP contribution in [0.25, 0.3) is 0 Å². The Bertz CT molecular complexity index is 422. The molecule has 0 saturated heterocycles. The number of anilines is 2. The number of rotatable bonds is 2. The van der Waals surface area contributed by atoms with Crippen LogP contribution in [0.2, 0.25) is 0 Å². The third kappa shape index (κ3) is 8.07. The van der Waals surface area contributed by atoms with Gasteiger partial charge in [-0.15, -0.1) is 0 Å². The first-order valence-electron chi connectivity index (χ1n) is 4.81. The maximum atomic E-state index is 9.41. The van der Waals surface area contributed by atoms with Gasteiger partial charge in [-0.2, -0.15) is 0 Å². The van der Waals surface area contributed by atoms with Crippen molar-refractivity contribution in [1.82, 2.24) is 0 Å². The minimum atomic E-state index is -3.17. The molecule has 0 radical (unpaired) electrons. The number of nitrogens with one attached hydrogen (secondary N) is 1. The van der Waals surface area contributed by atoms with E-state index in [0.717, 1.165) is 18.5 Å². The Morgan fingerprint density at radius 1 is 1.38 bits per heavy atom. The van der Waals surface area contributed by atoms with Crippen molar-refractivity contribution in [3.63, 3.8) is 0 Å². The lowest BCUT2D eigenvalue weighted by molar-refractivity contribution is 0.603. The van der Waals surface area contributed by atoms with Gasteiger partial charge in [-0.1, -0.05) is 0 Å². The summed E-state index contributed by atoms with van der Waals surface area (Å²) in [6.45, 7) is 5.08. The van der Waals surface area contributed by atoms with Crippen LogP contribution >= 0.6 is 0 Å². The molecule has 0 aromatic heterocycles. The first-order valence-corrected chi connectivity index (χ1v) is 6.77. The van der Waals surface area contributed by atoms with Crippen LogP contribution in [0.5, 0.6) is 0 Å². The molecule has 5 nitrogen and oxygen atoms in total. The lowest BCUT2D eigenvalue weighted by Gasteiger charge is -2.06. The summed E-state index contributed by atoms with van der Waals surface area (Å²) in [7, 11) is -3.17. The molecule has 1 aromatic carbocycles. The molecule has 0 fully saturated rings. The number of nitrogen functional groups attached to an aromatic ring is 1. The molecule has 1 aromatic rings. The summed E-state index contributed by atoms with van der Waals surface area (Å²) in [6.07, 6.45) is 0.938. The predicted octanol–water partition coefficient (Wildman–Crippen LogP) is 0.914. The summed E-state index contributed by atoms with van der Waals surface area (Å²) >= 11 is 0. The number of hydrogen-bond acceptors (Lipinski definition) is 4. The Morgan fingerprint density at radius 2 is 1.88 bits per heavy atom. The molecule has 5 N–H and O–H groups in total. The molecule has 0 saturated carbocycles. The second-order valence-corrected chi connectivity index (χ2v) is 5.09. The van der Waals surface area contributed by atoms with Crippen molar-refractivity contribution in [2.75, 3.05) is 23.9 Å². The van der Waals surface area contributed by atoms with E-state index < -0.39 is 10.0 Å². The van der Waals surface area contributed by atoms with E-state index in [2.05, 4.69) is 17.4 Å². The van der Waals surface area contributed by atoms with Crippen molar-refractivity contribution in [1.29, 1.82) is 0 Å². The van der Waals surface area contributed by atoms with Crippen molar-refractivity contribution >= 4 is 21.4 Å². The molecule has 0 heterocycles. The van der Waals surface area contributed by atoms with E-state index >= 15 is 0 Å². The molecular formula is C10H19N3O2S. The number of benzene rings is 1. The van der Waals surface area contributed by atoms with Crippen molar-refractivity contribution < 1.29 is 8.42 Å². The summed E-state index contributed by atoms with van der Waals surface area (Å²) in [6, 6.07) is 5.89. The van der Waals surface area contributed by atoms with Crippen LogP contribution in [0.1, 0.15) is 12.5 Å². The van der Waals surface area contributed by atoms with Gasteiger partial charge in [-0.05, 0) is 37.6 Å². The van der Waals surface area contributed by atoms with Gasteiger partial charge in [-0.3, -0.25) is 0 Å². The molecule has 1 rings (SSSR count). The van der Waals surface area contributed by atoms with Crippen LogP contribution in [0.4, 0.5) is 11.4 Å². The molecule has 6 heteroatoms. The smallest absolute Gasteiger partial charge is 0.206 e. The second kappa shape index (κ2) is 6.34. The van der Waals surface area contributed by atoms with Crippen molar-refractivity contribution in [2.45, 2.75) is 13.8 Å². The lowest BCUT2D eigenvalue weighted by atomic mass is 10.2. The van der Waals surface area contributed by atoms with Gasteiger partial charge in [0.05, 0.1) is 6.26 Å². The lowest BCUT2D eigenvalue weighted by Crippen LogP contribution is -2.07. The minimum absolute atomic E-state index is 0.823. The third-order valence-electron chi connectivity index (χ3n) is 1.62. The first kappa shape index (κ1) is 14.7. The summed E-state index contributed by atoms with van der Waals surface area (Å²) in [5, 5.41) is 7.57. The fraction of sp³-hybridized carbons (Fsp3) is 0.400. The van der Waals surface area contributed by atoms with Crippen LogP contribution in [-0.4, -0.2) is 21.2 Å². The summed E-state index contributed by atoms with van der Waals surface area (Å²) in [4.78, 5) is 0. The van der Waals surface area contributed by atoms with Gasteiger partial charge >= 0.3 is 0 Å². The number of sulfonamides is 1. The van der Waals surface area contributed by atoms with Gasteiger partial charge in [-0.25, -0.2) is 13.6 Å². The topological polar surface area (TPSA) is 98.2 Å². The van der Waals surface area contributed by atoms with E-state index in [4.69, 9.17) is 5.73 Å². The minimum Gasteiger partial charge on any atom is -0.399 e. The highest BCUT2D eigenvalue weighted by Crippen LogP contribution is 2.16. The van der Waals surface area contributed by atoms with Crippen molar-refractivity contribution in [3.8, 4) is 0 Å². The van der Waals surface area contributed by atoms with E-state index in [1.807, 2.05) is 25.1 Å². The normalized spacial score (nSPS) is 10.2. The van der Waals surface area contributed by atoms with Crippen LogP contribution < -0.4 is 16.2 Å². The zero-order valence-electron chi connectivity index (χ0n) is 9.82.